The second kappa shape index (κ2) is 6.96. The molecule has 0 spiro atoms. The second-order valence-corrected chi connectivity index (χ2v) is 4.62. The van der Waals surface area contributed by atoms with Crippen molar-refractivity contribution >= 4 is 17.6 Å². The first-order valence-corrected chi connectivity index (χ1v) is 6.63. The quantitative estimate of drug-likeness (QED) is 0.787. The topological polar surface area (TPSA) is 35.5 Å². The van der Waals surface area contributed by atoms with Crippen molar-refractivity contribution in [3.63, 3.8) is 0 Å². The maximum absolute atomic E-state index is 11.4. The Morgan fingerprint density at radius 3 is 2.55 bits per heavy atom. The molecule has 0 amide bonds. The zero-order chi connectivity index (χ0) is 14.4. The van der Waals surface area contributed by atoms with Crippen LogP contribution in [0.2, 0.25) is 5.02 Å². The van der Waals surface area contributed by atoms with Crippen molar-refractivity contribution in [3.8, 4) is 5.75 Å². The molecule has 0 unspecified atom stereocenters. The molecular weight excluding hydrogens is 276 g/mol. The SMILES string of the molecule is COC(=O)c1ccc(CCOc2ccccc2)cc1Cl. The minimum absolute atomic E-state index is 0.377. The molecule has 2 rings (SSSR count). The van der Waals surface area contributed by atoms with E-state index in [1.165, 1.54) is 7.11 Å². The van der Waals surface area contributed by atoms with E-state index in [2.05, 4.69) is 4.74 Å². The van der Waals surface area contributed by atoms with Crippen LogP contribution in [0.15, 0.2) is 48.5 Å². The van der Waals surface area contributed by atoms with Crippen molar-refractivity contribution in [2.24, 2.45) is 0 Å². The molecule has 2 aromatic carbocycles. The fourth-order valence-corrected chi connectivity index (χ4v) is 2.07. The van der Waals surface area contributed by atoms with Crippen molar-refractivity contribution < 1.29 is 14.3 Å². The lowest BCUT2D eigenvalue weighted by Gasteiger charge is -2.08. The minimum Gasteiger partial charge on any atom is -0.493 e. The first kappa shape index (κ1) is 14.4. The maximum Gasteiger partial charge on any atom is 0.339 e. The van der Waals surface area contributed by atoms with Gasteiger partial charge in [-0.2, -0.15) is 0 Å². The molecule has 0 N–H and O–H groups in total. The molecule has 0 bridgehead atoms. The van der Waals surface area contributed by atoms with Gasteiger partial charge >= 0.3 is 5.97 Å². The van der Waals surface area contributed by atoms with E-state index < -0.39 is 5.97 Å². The number of hydrogen-bond donors (Lipinski definition) is 0. The van der Waals surface area contributed by atoms with Crippen LogP contribution in [0.25, 0.3) is 0 Å². The summed E-state index contributed by atoms with van der Waals surface area (Å²) in [7, 11) is 1.33. The Bertz CT molecular complexity index is 582. The fourth-order valence-electron chi connectivity index (χ4n) is 1.79. The van der Waals surface area contributed by atoms with E-state index >= 15 is 0 Å². The molecule has 0 saturated heterocycles. The first-order chi connectivity index (χ1) is 9.70. The van der Waals surface area contributed by atoms with Crippen molar-refractivity contribution in [3.05, 3.63) is 64.7 Å². The van der Waals surface area contributed by atoms with Gasteiger partial charge in [-0.3, -0.25) is 0 Å². The fraction of sp³-hybridized carbons (Fsp3) is 0.188. The van der Waals surface area contributed by atoms with E-state index in [4.69, 9.17) is 16.3 Å². The van der Waals surface area contributed by atoms with E-state index in [-0.39, 0.29) is 0 Å². The molecule has 0 radical (unpaired) electrons. The summed E-state index contributed by atoms with van der Waals surface area (Å²) >= 11 is 6.06. The number of methoxy groups -OCH3 is 1. The average Bonchev–Trinajstić information content (AvgIpc) is 2.48. The van der Waals surface area contributed by atoms with Crippen LogP contribution in [0.3, 0.4) is 0 Å². The Balaban J connectivity index is 1.94. The van der Waals surface area contributed by atoms with Gasteiger partial charge in [0, 0.05) is 6.42 Å². The Hall–Kier alpha value is -2.00. The molecule has 2 aromatic rings. The predicted molar refractivity (Wildman–Crippen MR) is 78.4 cm³/mol. The number of hydrogen-bond acceptors (Lipinski definition) is 3. The van der Waals surface area contributed by atoms with Crippen LogP contribution in [-0.2, 0) is 11.2 Å². The van der Waals surface area contributed by atoms with Crippen molar-refractivity contribution in [1.29, 1.82) is 0 Å². The molecule has 0 heterocycles. The van der Waals surface area contributed by atoms with Gasteiger partial charge < -0.3 is 9.47 Å². The minimum atomic E-state index is -0.429. The number of carbonyl (C=O) groups excluding carboxylic acids is 1. The number of esters is 1. The predicted octanol–water partition coefficient (Wildman–Crippen LogP) is 3.75. The van der Waals surface area contributed by atoms with Crippen LogP contribution in [-0.4, -0.2) is 19.7 Å². The number of carbonyl (C=O) groups is 1. The van der Waals surface area contributed by atoms with Crippen LogP contribution in [0.1, 0.15) is 15.9 Å². The summed E-state index contributed by atoms with van der Waals surface area (Å²) in [6, 6.07) is 14.9. The van der Waals surface area contributed by atoms with E-state index in [0.717, 1.165) is 17.7 Å². The number of rotatable bonds is 5. The van der Waals surface area contributed by atoms with Gasteiger partial charge in [0.15, 0.2) is 0 Å². The van der Waals surface area contributed by atoms with E-state index in [9.17, 15) is 4.79 Å². The third kappa shape index (κ3) is 3.75. The van der Waals surface area contributed by atoms with Gasteiger partial charge in [0.25, 0.3) is 0 Å². The highest BCUT2D eigenvalue weighted by Gasteiger charge is 2.10. The van der Waals surface area contributed by atoms with Gasteiger partial charge in [0.2, 0.25) is 0 Å². The Morgan fingerprint density at radius 2 is 1.90 bits per heavy atom. The molecule has 0 aliphatic carbocycles. The molecule has 104 valence electrons. The molecule has 0 fully saturated rings. The second-order valence-electron chi connectivity index (χ2n) is 4.22. The van der Waals surface area contributed by atoms with Crippen LogP contribution in [0.5, 0.6) is 5.75 Å². The normalized spacial score (nSPS) is 10.1. The molecule has 0 aliphatic rings. The van der Waals surface area contributed by atoms with Gasteiger partial charge in [0.05, 0.1) is 24.3 Å². The van der Waals surface area contributed by atoms with E-state index in [1.54, 1.807) is 12.1 Å². The summed E-state index contributed by atoms with van der Waals surface area (Å²) in [4.78, 5) is 11.4. The van der Waals surface area contributed by atoms with Crippen molar-refractivity contribution in [1.82, 2.24) is 0 Å². The van der Waals surface area contributed by atoms with Gasteiger partial charge in [-0.25, -0.2) is 4.79 Å². The highest BCUT2D eigenvalue weighted by Crippen LogP contribution is 2.19. The third-order valence-electron chi connectivity index (χ3n) is 2.84. The van der Waals surface area contributed by atoms with Gasteiger partial charge in [-0.1, -0.05) is 35.9 Å². The van der Waals surface area contributed by atoms with E-state index in [0.29, 0.717) is 17.2 Å². The zero-order valence-electron chi connectivity index (χ0n) is 11.1. The summed E-state index contributed by atoms with van der Waals surface area (Å²) in [6.07, 6.45) is 0.718. The average molecular weight is 291 g/mol. The number of ether oxygens (including phenoxy) is 2. The molecule has 4 heteroatoms. The summed E-state index contributed by atoms with van der Waals surface area (Å²) < 4.78 is 10.3. The molecular formula is C16H15ClO3. The molecule has 0 aromatic heterocycles. The monoisotopic (exact) mass is 290 g/mol. The number of para-hydroxylation sites is 1. The summed E-state index contributed by atoms with van der Waals surface area (Å²) in [5.41, 5.74) is 1.39. The van der Waals surface area contributed by atoms with Crippen LogP contribution >= 0.6 is 11.6 Å². The molecule has 0 aliphatic heterocycles. The van der Waals surface area contributed by atoms with Gasteiger partial charge in [-0.05, 0) is 29.8 Å². The Morgan fingerprint density at radius 1 is 1.15 bits per heavy atom. The maximum atomic E-state index is 11.4. The standard InChI is InChI=1S/C16H15ClO3/c1-19-16(18)14-8-7-12(11-15(14)17)9-10-20-13-5-3-2-4-6-13/h2-8,11H,9-10H2,1H3. The smallest absolute Gasteiger partial charge is 0.339 e. The zero-order valence-corrected chi connectivity index (χ0v) is 11.9. The van der Waals surface area contributed by atoms with Crippen LogP contribution in [0.4, 0.5) is 0 Å². The first-order valence-electron chi connectivity index (χ1n) is 6.25. The highest BCUT2D eigenvalue weighted by molar-refractivity contribution is 6.33. The molecule has 0 atom stereocenters. The highest BCUT2D eigenvalue weighted by atomic mass is 35.5. The summed E-state index contributed by atoms with van der Waals surface area (Å²) in [6.45, 7) is 0.553. The van der Waals surface area contributed by atoms with E-state index in [1.807, 2.05) is 36.4 Å². The lowest BCUT2D eigenvalue weighted by molar-refractivity contribution is 0.0601. The molecule has 3 nitrogen and oxygen atoms in total. The summed E-state index contributed by atoms with van der Waals surface area (Å²) in [5.74, 6) is 0.409. The molecule has 0 saturated carbocycles. The van der Waals surface area contributed by atoms with Gasteiger partial charge in [-0.15, -0.1) is 0 Å². The van der Waals surface area contributed by atoms with Crippen molar-refractivity contribution in [2.75, 3.05) is 13.7 Å². The Kier molecular flexibility index (Phi) is 5.02. The third-order valence-corrected chi connectivity index (χ3v) is 3.15. The largest absolute Gasteiger partial charge is 0.493 e. The number of halogens is 1. The van der Waals surface area contributed by atoms with Crippen molar-refractivity contribution in [2.45, 2.75) is 6.42 Å². The van der Waals surface area contributed by atoms with Crippen LogP contribution in [0, 0.1) is 0 Å². The lowest BCUT2D eigenvalue weighted by atomic mass is 10.1. The van der Waals surface area contributed by atoms with Gasteiger partial charge in [0.1, 0.15) is 5.75 Å². The summed E-state index contributed by atoms with van der Waals surface area (Å²) in [5, 5.41) is 0.397. The Labute approximate surface area is 123 Å². The lowest BCUT2D eigenvalue weighted by Crippen LogP contribution is -2.04. The molecule has 20 heavy (non-hydrogen) atoms. The number of benzene rings is 2. The van der Waals surface area contributed by atoms with Crippen LogP contribution < -0.4 is 4.74 Å².